The highest BCUT2D eigenvalue weighted by Gasteiger charge is 2.42. The van der Waals surface area contributed by atoms with Gasteiger partial charge in [0, 0.05) is 17.8 Å². The molecule has 9 aromatic rings. The van der Waals surface area contributed by atoms with Gasteiger partial charge in [0.05, 0.1) is 0 Å². The molecular weight excluding hydrogens is 721 g/mol. The Morgan fingerprint density at radius 3 is 1.77 bits per heavy atom. The highest BCUT2D eigenvalue weighted by atomic mass is 14.4. The van der Waals surface area contributed by atoms with Crippen molar-refractivity contribution in [3.63, 3.8) is 0 Å². The van der Waals surface area contributed by atoms with Crippen molar-refractivity contribution in [3.8, 4) is 0 Å². The summed E-state index contributed by atoms with van der Waals surface area (Å²) in [6.45, 7) is 0. The molecule has 0 heteroatoms. The van der Waals surface area contributed by atoms with E-state index in [9.17, 15) is 0 Å². The molecule has 282 valence electrons. The van der Waals surface area contributed by atoms with Gasteiger partial charge in [-0.3, -0.25) is 0 Å². The zero-order valence-corrected chi connectivity index (χ0v) is 33.3. The van der Waals surface area contributed by atoms with Gasteiger partial charge in [-0.15, -0.1) is 0 Å². The zero-order valence-electron chi connectivity index (χ0n) is 33.3. The summed E-state index contributed by atoms with van der Waals surface area (Å²) in [6.07, 6.45) is 10.5. The van der Waals surface area contributed by atoms with Crippen LogP contribution in [0, 0.1) is 5.92 Å². The normalized spacial score (nSPS) is 18.2. The average Bonchev–Trinajstić information content (AvgIpc) is 3.32. The number of allylic oxidation sites excluding steroid dienone is 6. The van der Waals surface area contributed by atoms with Crippen molar-refractivity contribution >= 4 is 55.1 Å². The molecule has 3 aliphatic rings. The molecule has 3 aliphatic carbocycles. The quantitative estimate of drug-likeness (QED) is 0.164. The molecule has 0 bridgehead atoms. The lowest BCUT2D eigenvalue weighted by Crippen LogP contribution is -2.27. The van der Waals surface area contributed by atoms with Gasteiger partial charge < -0.3 is 0 Å². The van der Waals surface area contributed by atoms with Crippen molar-refractivity contribution in [1.82, 2.24) is 0 Å². The van der Waals surface area contributed by atoms with Crippen molar-refractivity contribution in [1.29, 1.82) is 0 Å². The highest BCUT2D eigenvalue weighted by Crippen LogP contribution is 2.58. The van der Waals surface area contributed by atoms with Gasteiger partial charge in [-0.1, -0.05) is 212 Å². The van der Waals surface area contributed by atoms with E-state index in [-0.39, 0.29) is 11.8 Å². The van der Waals surface area contributed by atoms with Crippen molar-refractivity contribution in [3.05, 3.63) is 274 Å². The maximum atomic E-state index is 2.51. The summed E-state index contributed by atoms with van der Waals surface area (Å²) in [5, 5.41) is 7.58. The fourth-order valence-electron chi connectivity index (χ4n) is 10.6. The molecule has 3 atom stereocenters. The van der Waals surface area contributed by atoms with Crippen LogP contribution in [-0.2, 0) is 0 Å². The first-order valence-electron chi connectivity index (χ1n) is 21.3. The molecule has 0 radical (unpaired) electrons. The molecule has 12 rings (SSSR count). The Bertz CT molecular complexity index is 3310. The van der Waals surface area contributed by atoms with E-state index in [1.807, 2.05) is 0 Å². The van der Waals surface area contributed by atoms with Gasteiger partial charge in [0.1, 0.15) is 0 Å². The minimum absolute atomic E-state index is 0.0330. The molecule has 0 aromatic heterocycles. The van der Waals surface area contributed by atoms with E-state index >= 15 is 0 Å². The lowest BCUT2D eigenvalue weighted by Gasteiger charge is -2.42. The molecule has 0 fully saturated rings. The van der Waals surface area contributed by atoms with Crippen molar-refractivity contribution in [2.45, 2.75) is 18.3 Å². The van der Waals surface area contributed by atoms with Crippen molar-refractivity contribution in [2.24, 2.45) is 5.92 Å². The molecule has 9 aromatic carbocycles. The fourth-order valence-corrected chi connectivity index (χ4v) is 10.6. The Labute approximate surface area is 351 Å². The van der Waals surface area contributed by atoms with Crippen LogP contribution >= 0.6 is 0 Å². The molecule has 0 amide bonds. The van der Waals surface area contributed by atoms with Gasteiger partial charge in [-0.25, -0.2) is 0 Å². The third-order valence-electron chi connectivity index (χ3n) is 13.4. The number of rotatable bonds is 5. The summed E-state index contributed by atoms with van der Waals surface area (Å²) in [5.41, 5.74) is 17.3. The molecular formula is C60H42. The van der Waals surface area contributed by atoms with Crippen LogP contribution in [0.15, 0.2) is 224 Å². The summed E-state index contributed by atoms with van der Waals surface area (Å²) < 4.78 is 0. The van der Waals surface area contributed by atoms with Gasteiger partial charge >= 0.3 is 0 Å². The second kappa shape index (κ2) is 14.2. The molecule has 0 aliphatic heterocycles. The van der Waals surface area contributed by atoms with Crippen LogP contribution in [-0.4, -0.2) is 0 Å². The minimum atomic E-state index is 0.0330. The molecule has 0 heterocycles. The van der Waals surface area contributed by atoms with Crippen molar-refractivity contribution < 1.29 is 0 Å². The summed E-state index contributed by atoms with van der Waals surface area (Å²) >= 11 is 0. The van der Waals surface area contributed by atoms with Gasteiger partial charge in [0.15, 0.2) is 0 Å². The van der Waals surface area contributed by atoms with Crippen LogP contribution in [0.3, 0.4) is 0 Å². The predicted molar refractivity (Wildman–Crippen MR) is 254 cm³/mol. The van der Waals surface area contributed by atoms with E-state index in [0.29, 0.717) is 5.92 Å². The molecule has 0 N–H and O–H groups in total. The molecule has 0 nitrogen and oxygen atoms in total. The smallest absolute Gasteiger partial charge is 0.0217 e. The maximum Gasteiger partial charge on any atom is 0.0217 e. The molecule has 0 saturated heterocycles. The number of hydrogen-bond donors (Lipinski definition) is 0. The van der Waals surface area contributed by atoms with Crippen LogP contribution in [0.1, 0.15) is 68.3 Å². The Morgan fingerprint density at radius 2 is 1.00 bits per heavy atom. The minimum Gasteiger partial charge on any atom is -0.0830 e. The number of fused-ring (bicyclic) bond motifs is 6. The SMILES string of the molecule is C1=Cc2ccccc2C(c2cccc(C3=C4C(c5ccc6ccccc6c5)=CC=C(c5ccc6ccccc6c5)C4C(c4ccc5ccccc5c4)c4ccccc43)c2)C1. The standard InChI is InChI=1S/C60H42/c1-4-17-43-35-47(30-27-39(43)13-1)53-33-34-54(48-31-28-40-14-2-5-18-44(40)36-48)60-58(50-32-29-41-15-3-6-19-45(41)37-50)56-25-10-9-24-55(56)57(59(53)60)49-22-11-21-46(38-49)52-26-12-20-42-16-7-8-23-51(42)52/h1-25,27-38,52,58,60H,26H2. The topological polar surface area (TPSA) is 0 Å². The largest absolute Gasteiger partial charge is 0.0830 e. The Balaban J connectivity index is 1.16. The summed E-state index contributed by atoms with van der Waals surface area (Å²) in [7, 11) is 0. The second-order valence-electron chi connectivity index (χ2n) is 16.7. The first-order chi connectivity index (χ1) is 29.7. The van der Waals surface area contributed by atoms with E-state index in [1.165, 1.54) is 105 Å². The monoisotopic (exact) mass is 762 g/mol. The van der Waals surface area contributed by atoms with Crippen LogP contribution < -0.4 is 0 Å². The molecule has 3 unspecified atom stereocenters. The van der Waals surface area contributed by atoms with Gasteiger partial charge in [0.2, 0.25) is 0 Å². The van der Waals surface area contributed by atoms with Gasteiger partial charge in [0.25, 0.3) is 0 Å². The summed E-state index contributed by atoms with van der Waals surface area (Å²) in [6, 6.07) is 75.4. The maximum absolute atomic E-state index is 2.51. The third-order valence-corrected chi connectivity index (χ3v) is 13.4. The Kier molecular flexibility index (Phi) is 8.23. The van der Waals surface area contributed by atoms with E-state index in [0.717, 1.165) is 6.42 Å². The summed E-state index contributed by atoms with van der Waals surface area (Å²) in [5.74, 6) is 0.405. The third kappa shape index (κ3) is 5.75. The lowest BCUT2D eigenvalue weighted by molar-refractivity contribution is 0.669. The van der Waals surface area contributed by atoms with E-state index in [2.05, 4.69) is 224 Å². The summed E-state index contributed by atoms with van der Waals surface area (Å²) in [4.78, 5) is 0. The lowest BCUT2D eigenvalue weighted by atomic mass is 9.60. The van der Waals surface area contributed by atoms with E-state index in [4.69, 9.17) is 0 Å². The Morgan fingerprint density at radius 1 is 0.383 bits per heavy atom. The fraction of sp³-hybridized carbons (Fsp3) is 0.0667. The van der Waals surface area contributed by atoms with Gasteiger partial charge in [-0.05, 0) is 123 Å². The molecule has 0 spiro atoms. The Hall–Kier alpha value is -7.28. The molecule has 60 heavy (non-hydrogen) atoms. The van der Waals surface area contributed by atoms with Crippen LogP contribution in [0.5, 0.6) is 0 Å². The number of hydrogen-bond acceptors (Lipinski definition) is 0. The first-order valence-corrected chi connectivity index (χ1v) is 21.3. The predicted octanol–water partition coefficient (Wildman–Crippen LogP) is 15.4. The first kappa shape index (κ1) is 34.7. The average molecular weight is 763 g/mol. The van der Waals surface area contributed by atoms with E-state index < -0.39 is 0 Å². The number of benzene rings is 9. The molecule has 0 saturated carbocycles. The second-order valence-corrected chi connectivity index (χ2v) is 16.7. The van der Waals surface area contributed by atoms with Gasteiger partial charge in [-0.2, -0.15) is 0 Å². The van der Waals surface area contributed by atoms with Crippen LogP contribution in [0.4, 0.5) is 0 Å². The van der Waals surface area contributed by atoms with Crippen LogP contribution in [0.25, 0.3) is 55.1 Å². The van der Waals surface area contributed by atoms with Crippen LogP contribution in [0.2, 0.25) is 0 Å². The highest BCUT2D eigenvalue weighted by molar-refractivity contribution is 6.05. The zero-order chi connectivity index (χ0) is 39.6. The van der Waals surface area contributed by atoms with Crippen molar-refractivity contribution in [2.75, 3.05) is 0 Å². The van der Waals surface area contributed by atoms with E-state index in [1.54, 1.807) is 0 Å².